The molecular weight excluding hydrogens is 340 g/mol. The fourth-order valence-corrected chi connectivity index (χ4v) is 3.10. The molecule has 1 N–H and O–H groups in total. The summed E-state index contributed by atoms with van der Waals surface area (Å²) in [5, 5.41) is 3.38. The molecule has 1 aliphatic heterocycles. The summed E-state index contributed by atoms with van der Waals surface area (Å²) >= 11 is 3.56. The van der Waals surface area contributed by atoms with E-state index in [1.165, 1.54) is 12.8 Å². The smallest absolute Gasteiger partial charge is 0.136 e. The Hall–Kier alpha value is -1.62. The van der Waals surface area contributed by atoms with Crippen LogP contribution in [0.5, 0.6) is 0 Å². The van der Waals surface area contributed by atoms with Gasteiger partial charge in [0.25, 0.3) is 0 Å². The minimum atomic E-state index is 0.797. The Kier molecular flexibility index (Phi) is 4.62. The number of piperidine rings is 1. The summed E-state index contributed by atoms with van der Waals surface area (Å²) in [6.45, 7) is 6.42. The van der Waals surface area contributed by atoms with Gasteiger partial charge in [-0.3, -0.25) is 0 Å². The van der Waals surface area contributed by atoms with Crippen LogP contribution in [0.1, 0.15) is 25.6 Å². The number of aromatic nitrogens is 2. The number of anilines is 3. The molecule has 3 rings (SSSR count). The molecule has 1 saturated heterocycles. The van der Waals surface area contributed by atoms with E-state index in [4.69, 9.17) is 0 Å². The highest BCUT2D eigenvalue weighted by Crippen LogP contribution is 2.27. The van der Waals surface area contributed by atoms with E-state index in [1.54, 1.807) is 0 Å². The highest BCUT2D eigenvalue weighted by molar-refractivity contribution is 9.10. The molecule has 2 aromatic rings. The molecule has 0 spiro atoms. The lowest BCUT2D eigenvalue weighted by molar-refractivity contribution is 0.436. The maximum absolute atomic E-state index is 4.61. The molecule has 0 atom stereocenters. The quantitative estimate of drug-likeness (QED) is 0.872. The van der Waals surface area contributed by atoms with Crippen molar-refractivity contribution in [2.45, 2.75) is 26.7 Å². The molecule has 1 aromatic carbocycles. The van der Waals surface area contributed by atoms with Crippen molar-refractivity contribution in [3.05, 3.63) is 40.6 Å². The monoisotopic (exact) mass is 360 g/mol. The molecule has 0 bridgehead atoms. The fourth-order valence-electron chi connectivity index (χ4n) is 2.72. The first-order valence-corrected chi connectivity index (χ1v) is 8.53. The van der Waals surface area contributed by atoms with Crippen molar-refractivity contribution in [1.82, 2.24) is 9.97 Å². The van der Waals surface area contributed by atoms with Gasteiger partial charge in [-0.1, -0.05) is 19.1 Å². The minimum absolute atomic E-state index is 0.797. The third kappa shape index (κ3) is 3.58. The van der Waals surface area contributed by atoms with Crippen LogP contribution in [0.15, 0.2) is 34.8 Å². The van der Waals surface area contributed by atoms with Crippen LogP contribution in [-0.2, 0) is 0 Å². The molecule has 0 radical (unpaired) electrons. The zero-order chi connectivity index (χ0) is 15.5. The molecule has 116 valence electrons. The summed E-state index contributed by atoms with van der Waals surface area (Å²) in [6.07, 6.45) is 2.46. The van der Waals surface area contributed by atoms with Crippen molar-refractivity contribution in [2.75, 3.05) is 23.3 Å². The Balaban J connectivity index is 1.82. The van der Waals surface area contributed by atoms with E-state index >= 15 is 0 Å². The van der Waals surface area contributed by atoms with Crippen molar-refractivity contribution in [1.29, 1.82) is 0 Å². The lowest BCUT2D eigenvalue weighted by atomic mass is 9.99. The van der Waals surface area contributed by atoms with E-state index in [1.807, 2.05) is 37.3 Å². The van der Waals surface area contributed by atoms with Crippen LogP contribution < -0.4 is 10.2 Å². The predicted molar refractivity (Wildman–Crippen MR) is 94.8 cm³/mol. The number of nitrogens with one attached hydrogen (secondary N) is 1. The van der Waals surface area contributed by atoms with E-state index in [9.17, 15) is 0 Å². The van der Waals surface area contributed by atoms with E-state index in [0.717, 1.165) is 46.6 Å². The maximum Gasteiger partial charge on any atom is 0.136 e. The zero-order valence-electron chi connectivity index (χ0n) is 13.0. The second-order valence-corrected chi connectivity index (χ2v) is 6.79. The molecule has 4 nitrogen and oxygen atoms in total. The first-order valence-electron chi connectivity index (χ1n) is 7.74. The van der Waals surface area contributed by atoms with Gasteiger partial charge < -0.3 is 10.2 Å². The number of hydrogen-bond acceptors (Lipinski definition) is 4. The molecule has 5 heteroatoms. The number of halogens is 1. The number of nitrogens with zero attached hydrogens (tertiary/aromatic N) is 3. The van der Waals surface area contributed by atoms with Gasteiger partial charge in [0.15, 0.2) is 0 Å². The van der Waals surface area contributed by atoms with Gasteiger partial charge in [-0.2, -0.15) is 0 Å². The average molecular weight is 361 g/mol. The van der Waals surface area contributed by atoms with Gasteiger partial charge in [0, 0.05) is 23.6 Å². The first-order chi connectivity index (χ1) is 10.6. The molecule has 22 heavy (non-hydrogen) atoms. The van der Waals surface area contributed by atoms with Crippen LogP contribution in [0, 0.1) is 12.8 Å². The van der Waals surface area contributed by atoms with Crippen molar-refractivity contribution in [3.8, 4) is 0 Å². The molecule has 2 heterocycles. The number of benzene rings is 1. The molecule has 0 saturated carbocycles. The van der Waals surface area contributed by atoms with Crippen molar-refractivity contribution in [2.24, 2.45) is 5.92 Å². The maximum atomic E-state index is 4.61. The highest BCUT2D eigenvalue weighted by Gasteiger charge is 2.18. The summed E-state index contributed by atoms with van der Waals surface area (Å²) in [6, 6.07) is 10.1. The van der Waals surface area contributed by atoms with Gasteiger partial charge in [0.2, 0.25) is 0 Å². The molecular formula is C17H21BrN4. The van der Waals surface area contributed by atoms with Gasteiger partial charge in [-0.25, -0.2) is 9.97 Å². The van der Waals surface area contributed by atoms with Crippen LogP contribution in [0.3, 0.4) is 0 Å². The van der Waals surface area contributed by atoms with E-state index in [-0.39, 0.29) is 0 Å². The Labute approximate surface area is 140 Å². The second kappa shape index (κ2) is 6.65. The Morgan fingerprint density at radius 3 is 2.64 bits per heavy atom. The average Bonchev–Trinajstić information content (AvgIpc) is 2.50. The second-order valence-electron chi connectivity index (χ2n) is 5.93. The third-order valence-corrected chi connectivity index (χ3v) is 4.76. The lowest BCUT2D eigenvalue weighted by Crippen LogP contribution is -2.33. The fraction of sp³-hybridized carbons (Fsp3) is 0.412. The summed E-state index contributed by atoms with van der Waals surface area (Å²) < 4.78 is 1.03. The first kappa shape index (κ1) is 15.3. The zero-order valence-corrected chi connectivity index (χ0v) is 14.6. The van der Waals surface area contributed by atoms with Gasteiger partial charge in [-0.15, -0.1) is 0 Å². The summed E-state index contributed by atoms with van der Waals surface area (Å²) in [4.78, 5) is 11.5. The summed E-state index contributed by atoms with van der Waals surface area (Å²) in [5.41, 5.74) is 1.01. The van der Waals surface area contributed by atoms with Crippen molar-refractivity contribution >= 4 is 33.3 Å². The molecule has 1 fully saturated rings. The normalized spacial score (nSPS) is 15.9. The van der Waals surface area contributed by atoms with Crippen LogP contribution in [-0.4, -0.2) is 23.1 Å². The number of rotatable bonds is 3. The van der Waals surface area contributed by atoms with Gasteiger partial charge in [0.05, 0.1) is 5.69 Å². The Morgan fingerprint density at radius 1 is 1.18 bits per heavy atom. The van der Waals surface area contributed by atoms with E-state index in [2.05, 4.69) is 43.0 Å². The highest BCUT2D eigenvalue weighted by atomic mass is 79.9. The minimum Gasteiger partial charge on any atom is -0.356 e. The van der Waals surface area contributed by atoms with Crippen LogP contribution in [0.25, 0.3) is 0 Å². The molecule has 0 aliphatic carbocycles. The van der Waals surface area contributed by atoms with Crippen molar-refractivity contribution < 1.29 is 0 Å². The van der Waals surface area contributed by atoms with Crippen LogP contribution in [0.2, 0.25) is 0 Å². The van der Waals surface area contributed by atoms with E-state index in [0.29, 0.717) is 0 Å². The van der Waals surface area contributed by atoms with Gasteiger partial charge in [-0.05, 0) is 53.7 Å². The Morgan fingerprint density at radius 2 is 1.91 bits per heavy atom. The molecule has 0 unspecified atom stereocenters. The molecule has 0 amide bonds. The summed E-state index contributed by atoms with van der Waals surface area (Å²) in [7, 11) is 0. The van der Waals surface area contributed by atoms with Crippen molar-refractivity contribution in [3.63, 3.8) is 0 Å². The number of para-hydroxylation sites is 1. The third-order valence-electron chi connectivity index (χ3n) is 4.07. The topological polar surface area (TPSA) is 41.1 Å². The van der Waals surface area contributed by atoms with Crippen LogP contribution >= 0.6 is 15.9 Å². The SMILES string of the molecule is Cc1nc(Nc2ccccc2Br)cc(N2CCC(C)CC2)n1. The van der Waals surface area contributed by atoms with Gasteiger partial charge >= 0.3 is 0 Å². The number of hydrogen-bond donors (Lipinski definition) is 1. The summed E-state index contributed by atoms with van der Waals surface area (Å²) in [5.74, 6) is 3.48. The van der Waals surface area contributed by atoms with Gasteiger partial charge in [0.1, 0.15) is 17.5 Å². The van der Waals surface area contributed by atoms with E-state index < -0.39 is 0 Å². The largest absolute Gasteiger partial charge is 0.356 e. The molecule has 1 aliphatic rings. The Bertz CT molecular complexity index is 651. The lowest BCUT2D eigenvalue weighted by Gasteiger charge is -2.31. The molecule has 1 aromatic heterocycles. The number of aryl methyl sites for hydroxylation is 1. The van der Waals surface area contributed by atoms with Crippen LogP contribution in [0.4, 0.5) is 17.3 Å². The standard InChI is InChI=1S/C17H21BrN4/c1-12-7-9-22(10-8-12)17-11-16(19-13(2)20-17)21-15-6-4-3-5-14(15)18/h3-6,11-12H,7-10H2,1-2H3,(H,19,20,21). The predicted octanol–water partition coefficient (Wildman–Crippen LogP) is 4.53.